The maximum absolute atomic E-state index is 11.9. The third kappa shape index (κ3) is 3.91. The van der Waals surface area contributed by atoms with E-state index in [9.17, 15) is 14.4 Å². The molecular formula is C34H48O6S3. The Morgan fingerprint density at radius 1 is 0.767 bits per heavy atom. The molecule has 0 radical (unpaired) electrons. The van der Waals surface area contributed by atoms with Crippen molar-refractivity contribution in [1.29, 1.82) is 0 Å². The average molecular weight is 649 g/mol. The van der Waals surface area contributed by atoms with Crippen LogP contribution in [0.4, 0.5) is 0 Å². The van der Waals surface area contributed by atoms with E-state index in [1.54, 1.807) is 0 Å². The summed E-state index contributed by atoms with van der Waals surface area (Å²) >= 11 is 13.9. The van der Waals surface area contributed by atoms with E-state index in [-0.39, 0.29) is 46.7 Å². The summed E-state index contributed by atoms with van der Waals surface area (Å²) in [6, 6.07) is 0. The predicted octanol–water partition coefficient (Wildman–Crippen LogP) is 5.88. The monoisotopic (exact) mass is 648 g/mol. The maximum atomic E-state index is 11.9. The Labute approximate surface area is 272 Å². The number of cyclic esters (lactones) is 1. The number of esters is 3. The van der Waals surface area contributed by atoms with E-state index >= 15 is 0 Å². The van der Waals surface area contributed by atoms with E-state index in [2.05, 4.69) is 46.0 Å². The molecule has 43 heavy (non-hydrogen) atoms. The second-order valence-electron chi connectivity index (χ2n) is 16.8. The summed E-state index contributed by atoms with van der Waals surface area (Å²) in [5.74, 6) is 8.15. The lowest BCUT2D eigenvalue weighted by atomic mass is 9.62. The zero-order valence-electron chi connectivity index (χ0n) is 25.8. The van der Waals surface area contributed by atoms with Gasteiger partial charge < -0.3 is 14.2 Å². The molecule has 0 amide bonds. The zero-order valence-corrected chi connectivity index (χ0v) is 28.5. The molecule has 0 aromatic rings. The minimum Gasteiger partial charge on any atom is -0.465 e. The van der Waals surface area contributed by atoms with Crippen LogP contribution in [-0.4, -0.2) is 46.1 Å². The average Bonchev–Trinajstić information content (AvgIpc) is 3.78. The molecular weight excluding hydrogens is 601 g/mol. The van der Waals surface area contributed by atoms with Gasteiger partial charge in [0.05, 0.1) is 23.9 Å². The van der Waals surface area contributed by atoms with E-state index in [0.717, 1.165) is 80.1 Å². The van der Waals surface area contributed by atoms with Gasteiger partial charge in [0.1, 0.15) is 6.10 Å². The summed E-state index contributed by atoms with van der Waals surface area (Å²) in [6.07, 6.45) is 9.06. The summed E-state index contributed by atoms with van der Waals surface area (Å²) in [7, 11) is 0. The van der Waals surface area contributed by atoms with Crippen molar-refractivity contribution in [1.82, 2.24) is 0 Å². The van der Waals surface area contributed by atoms with E-state index in [1.165, 1.54) is 19.3 Å². The van der Waals surface area contributed by atoms with E-state index in [4.69, 9.17) is 26.8 Å². The maximum Gasteiger partial charge on any atom is 0.313 e. The fourth-order valence-electron chi connectivity index (χ4n) is 12.5. The Hall–Kier alpha value is -0.540. The first-order valence-electron chi connectivity index (χ1n) is 16.9. The van der Waals surface area contributed by atoms with Gasteiger partial charge in [-0.15, -0.1) is 12.6 Å². The van der Waals surface area contributed by atoms with Crippen LogP contribution in [0.25, 0.3) is 0 Å². The van der Waals surface area contributed by atoms with Crippen molar-refractivity contribution in [3.05, 3.63) is 0 Å². The smallest absolute Gasteiger partial charge is 0.313 e. The van der Waals surface area contributed by atoms with Crippen LogP contribution in [0.1, 0.15) is 79.1 Å². The van der Waals surface area contributed by atoms with Gasteiger partial charge in [-0.25, -0.2) is 0 Å². The van der Waals surface area contributed by atoms with Gasteiger partial charge in [0.15, 0.2) is 4.93 Å². The van der Waals surface area contributed by atoms with Crippen molar-refractivity contribution >= 4 is 55.8 Å². The minimum absolute atomic E-state index is 0.0498. The topological polar surface area (TPSA) is 78.9 Å². The standard InChI is InChI=1S/C15H20O2S.C10H14O2S.C9H14O2S/c1-5-6-2-9(14(5)18)12-7-3-8(11(6)12)13-10(7)4-17-15(13)16;11-10-7-2-5-1-6(4-7)9(13)8(3-5)12-10;1-7(2)8(3)4-5-9(7,12)11-6(8)10/h5-14,18H,2-4H2,1H3;5-9,13H,1-4H2;12H,4-5H2,1-3H3. The molecule has 0 N–H and O–H groups in total. The van der Waals surface area contributed by atoms with Gasteiger partial charge in [-0.3, -0.25) is 14.4 Å². The van der Waals surface area contributed by atoms with Crippen LogP contribution in [-0.2, 0) is 28.6 Å². The fourth-order valence-corrected chi connectivity index (χ4v) is 13.9. The number of ether oxygens (including phenoxy) is 3. The number of rotatable bonds is 0. The van der Waals surface area contributed by atoms with Crippen molar-refractivity contribution in [2.24, 2.45) is 81.8 Å². The highest BCUT2D eigenvalue weighted by molar-refractivity contribution is 7.81. The quantitative estimate of drug-likeness (QED) is 0.132. The number of hydrogen-bond acceptors (Lipinski definition) is 9. The molecule has 7 saturated carbocycles. The normalized spacial score (nSPS) is 58.1. The Bertz CT molecular complexity index is 1240. The summed E-state index contributed by atoms with van der Waals surface area (Å²) < 4.78 is 16.1. The molecule has 4 aliphatic heterocycles. The predicted molar refractivity (Wildman–Crippen MR) is 171 cm³/mol. The first-order valence-corrected chi connectivity index (χ1v) is 18.4. The SMILES string of the molecule is CC12CCC(S)(OC1=O)C2(C)C.CC1C(S)C2CC1C1C3CC(C4COC(=O)C43)C21.O=C1OC2CC3CC1CC(C3)C2S. The second-order valence-corrected chi connectivity index (χ2v) is 18.7. The van der Waals surface area contributed by atoms with E-state index < -0.39 is 4.93 Å². The molecule has 7 aliphatic carbocycles. The van der Waals surface area contributed by atoms with Crippen molar-refractivity contribution in [2.75, 3.05) is 6.61 Å². The van der Waals surface area contributed by atoms with Crippen LogP contribution in [0.5, 0.6) is 0 Å². The molecule has 0 aromatic carbocycles. The van der Waals surface area contributed by atoms with Crippen LogP contribution in [0.3, 0.4) is 0 Å². The fraction of sp³-hybridized carbons (Fsp3) is 0.912. The summed E-state index contributed by atoms with van der Waals surface area (Å²) in [6.45, 7) is 9.23. The number of carbonyl (C=O) groups is 3. The minimum atomic E-state index is -0.515. The second kappa shape index (κ2) is 9.74. The van der Waals surface area contributed by atoms with Crippen LogP contribution < -0.4 is 0 Å². The number of fused-ring (bicyclic) bond motifs is 15. The molecule has 10 bridgehead atoms. The molecule has 4 heterocycles. The van der Waals surface area contributed by atoms with Gasteiger partial charge in [-0.05, 0) is 112 Å². The van der Waals surface area contributed by atoms with Gasteiger partial charge >= 0.3 is 17.9 Å². The van der Waals surface area contributed by atoms with E-state index in [1.807, 2.05) is 6.92 Å². The molecule has 0 spiro atoms. The highest BCUT2D eigenvalue weighted by atomic mass is 32.1. The highest BCUT2D eigenvalue weighted by Gasteiger charge is 2.72. The summed E-state index contributed by atoms with van der Waals surface area (Å²) in [4.78, 5) is 34.5. The molecule has 11 aliphatic rings. The lowest BCUT2D eigenvalue weighted by Gasteiger charge is -2.43. The van der Waals surface area contributed by atoms with Crippen molar-refractivity contribution in [3.63, 3.8) is 0 Å². The summed E-state index contributed by atoms with van der Waals surface area (Å²) in [5, 5.41) is 0.928. The van der Waals surface area contributed by atoms with Gasteiger partial charge in [0.25, 0.3) is 0 Å². The highest BCUT2D eigenvalue weighted by Crippen LogP contribution is 2.73. The lowest BCUT2D eigenvalue weighted by molar-refractivity contribution is -0.154. The first-order chi connectivity index (χ1) is 20.3. The molecule has 9 heteroatoms. The van der Waals surface area contributed by atoms with Gasteiger partial charge in [-0.2, -0.15) is 25.3 Å². The van der Waals surface area contributed by atoms with Crippen LogP contribution >= 0.6 is 37.9 Å². The third-order valence-corrected chi connectivity index (χ3v) is 17.7. The Morgan fingerprint density at radius 2 is 1.49 bits per heavy atom. The molecule has 17 atom stereocenters. The van der Waals surface area contributed by atoms with Gasteiger partial charge in [0, 0.05) is 21.8 Å². The lowest BCUT2D eigenvalue weighted by Crippen LogP contribution is -2.43. The van der Waals surface area contributed by atoms with Crippen LogP contribution in [0.2, 0.25) is 0 Å². The summed E-state index contributed by atoms with van der Waals surface area (Å²) in [5.41, 5.74) is -0.449. The van der Waals surface area contributed by atoms with Gasteiger partial charge in [-0.1, -0.05) is 20.8 Å². The molecule has 6 nitrogen and oxygen atoms in total. The van der Waals surface area contributed by atoms with Crippen molar-refractivity contribution < 1.29 is 28.6 Å². The Morgan fingerprint density at radius 3 is 2.14 bits per heavy atom. The van der Waals surface area contributed by atoms with Crippen LogP contribution in [0.15, 0.2) is 0 Å². The molecule has 4 saturated heterocycles. The Balaban J connectivity index is 0.0000001000. The number of hydrogen-bond donors (Lipinski definition) is 3. The largest absolute Gasteiger partial charge is 0.465 e. The number of thiol groups is 3. The number of carbonyl (C=O) groups excluding carboxylic acids is 3. The molecule has 17 unspecified atom stereocenters. The van der Waals surface area contributed by atoms with Crippen molar-refractivity contribution in [3.8, 4) is 0 Å². The molecule has 11 rings (SSSR count). The molecule has 0 aromatic heterocycles. The first kappa shape index (κ1) is 29.8. The van der Waals surface area contributed by atoms with E-state index in [0.29, 0.717) is 28.3 Å². The zero-order chi connectivity index (χ0) is 30.4. The molecule has 238 valence electrons. The van der Waals surface area contributed by atoms with Crippen molar-refractivity contribution in [2.45, 2.75) is 101 Å². The molecule has 11 fully saturated rings. The van der Waals surface area contributed by atoms with Gasteiger partial charge in [0.2, 0.25) is 0 Å². The third-order valence-electron chi connectivity index (χ3n) is 15.2. The Kier molecular flexibility index (Phi) is 6.76. The van der Waals surface area contributed by atoms with Crippen LogP contribution in [0, 0.1) is 81.8 Å².